The van der Waals surface area contributed by atoms with E-state index >= 15 is 0 Å². The van der Waals surface area contributed by atoms with Gasteiger partial charge in [0.2, 0.25) is 11.7 Å². The second-order valence-corrected chi connectivity index (χ2v) is 5.14. The van der Waals surface area contributed by atoms with Crippen molar-refractivity contribution in [3.63, 3.8) is 0 Å². The average Bonchev–Trinajstić information content (AvgIpc) is 3.06. The molecule has 102 valence electrons. The van der Waals surface area contributed by atoms with Gasteiger partial charge in [-0.1, -0.05) is 5.16 Å². The first-order valence-electron chi connectivity index (χ1n) is 5.93. The number of pyridine rings is 1. The van der Waals surface area contributed by atoms with Gasteiger partial charge in [0.15, 0.2) is 5.78 Å². The average molecular weight is 289 g/mol. The fourth-order valence-corrected chi connectivity index (χ4v) is 2.57. The Bertz CT molecular complexity index is 750. The van der Waals surface area contributed by atoms with Gasteiger partial charge in [-0.2, -0.15) is 4.98 Å². The van der Waals surface area contributed by atoms with Gasteiger partial charge in [0.1, 0.15) is 6.61 Å². The predicted octanol–water partition coefficient (Wildman–Crippen LogP) is 2.10. The SMILES string of the molecule is COCC(=O)Cc1nc(-c2cnc3ccsc3c2)no1. The molecule has 20 heavy (non-hydrogen) atoms. The summed E-state index contributed by atoms with van der Waals surface area (Å²) in [4.78, 5) is 20.0. The van der Waals surface area contributed by atoms with Crippen molar-refractivity contribution in [2.75, 3.05) is 13.7 Å². The molecule has 3 rings (SSSR count). The standard InChI is InChI=1S/C13H11N3O3S/c1-18-7-9(17)5-12-15-13(16-19-12)8-4-11-10(14-6-8)2-3-20-11/h2-4,6H,5,7H2,1H3. The molecular weight excluding hydrogens is 278 g/mol. The van der Waals surface area contributed by atoms with E-state index in [-0.39, 0.29) is 24.7 Å². The summed E-state index contributed by atoms with van der Waals surface area (Å²) < 4.78 is 10.9. The molecule has 0 radical (unpaired) electrons. The van der Waals surface area contributed by atoms with Gasteiger partial charge in [-0.25, -0.2) is 0 Å². The van der Waals surface area contributed by atoms with E-state index in [1.165, 1.54) is 7.11 Å². The Balaban J connectivity index is 1.83. The third-order valence-electron chi connectivity index (χ3n) is 2.68. The number of ketones is 1. The van der Waals surface area contributed by atoms with E-state index in [1.54, 1.807) is 17.5 Å². The van der Waals surface area contributed by atoms with Crippen LogP contribution in [0.2, 0.25) is 0 Å². The Hall–Kier alpha value is -2.12. The van der Waals surface area contributed by atoms with Crippen molar-refractivity contribution in [3.05, 3.63) is 29.6 Å². The third-order valence-corrected chi connectivity index (χ3v) is 3.54. The second-order valence-electron chi connectivity index (χ2n) is 4.19. The Kier molecular flexibility index (Phi) is 3.53. The van der Waals surface area contributed by atoms with Crippen molar-refractivity contribution < 1.29 is 14.1 Å². The Labute approximate surface area is 118 Å². The number of rotatable bonds is 5. The van der Waals surface area contributed by atoms with E-state index in [0.717, 1.165) is 15.8 Å². The molecule has 7 heteroatoms. The highest BCUT2D eigenvalue weighted by molar-refractivity contribution is 7.17. The quantitative estimate of drug-likeness (QED) is 0.715. The molecule has 0 aliphatic rings. The minimum atomic E-state index is -0.102. The van der Waals surface area contributed by atoms with Gasteiger partial charge < -0.3 is 9.26 Å². The van der Waals surface area contributed by atoms with Crippen LogP contribution in [0.5, 0.6) is 0 Å². The van der Waals surface area contributed by atoms with Crippen LogP contribution in [-0.4, -0.2) is 34.6 Å². The number of aromatic nitrogens is 3. The summed E-state index contributed by atoms with van der Waals surface area (Å²) in [5, 5.41) is 5.85. The molecule has 0 aromatic carbocycles. The van der Waals surface area contributed by atoms with E-state index < -0.39 is 0 Å². The van der Waals surface area contributed by atoms with Crippen LogP contribution in [0, 0.1) is 0 Å². The Morgan fingerprint density at radius 2 is 2.40 bits per heavy atom. The molecule has 3 aromatic rings. The minimum absolute atomic E-state index is 0.0421. The van der Waals surface area contributed by atoms with Crippen molar-refractivity contribution in [1.29, 1.82) is 0 Å². The monoisotopic (exact) mass is 289 g/mol. The van der Waals surface area contributed by atoms with E-state index in [9.17, 15) is 4.79 Å². The first kappa shape index (κ1) is 12.9. The van der Waals surface area contributed by atoms with Gasteiger partial charge >= 0.3 is 0 Å². The van der Waals surface area contributed by atoms with Crippen LogP contribution < -0.4 is 0 Å². The summed E-state index contributed by atoms with van der Waals surface area (Å²) in [5.41, 5.74) is 1.71. The van der Waals surface area contributed by atoms with E-state index in [2.05, 4.69) is 15.1 Å². The van der Waals surface area contributed by atoms with Crippen molar-refractivity contribution in [1.82, 2.24) is 15.1 Å². The Morgan fingerprint density at radius 3 is 3.25 bits per heavy atom. The Morgan fingerprint density at radius 1 is 1.50 bits per heavy atom. The summed E-state index contributed by atoms with van der Waals surface area (Å²) in [6.45, 7) is 0.0421. The van der Waals surface area contributed by atoms with Crippen LogP contribution >= 0.6 is 11.3 Å². The molecule has 0 saturated heterocycles. The number of Topliss-reactive ketones (excluding diaryl/α,β-unsaturated/α-hetero) is 1. The lowest BCUT2D eigenvalue weighted by molar-refractivity contribution is -0.122. The number of fused-ring (bicyclic) bond motifs is 1. The van der Waals surface area contributed by atoms with Crippen molar-refractivity contribution in [3.8, 4) is 11.4 Å². The fourth-order valence-electron chi connectivity index (χ4n) is 1.79. The maximum absolute atomic E-state index is 11.4. The normalized spacial score (nSPS) is 11.1. The highest BCUT2D eigenvalue weighted by Gasteiger charge is 2.13. The zero-order valence-electron chi connectivity index (χ0n) is 10.7. The van der Waals surface area contributed by atoms with E-state index in [1.807, 2.05) is 17.5 Å². The third kappa shape index (κ3) is 2.59. The minimum Gasteiger partial charge on any atom is -0.377 e. The second kappa shape index (κ2) is 5.48. The lowest BCUT2D eigenvalue weighted by Crippen LogP contribution is -2.09. The topological polar surface area (TPSA) is 78.1 Å². The number of nitrogens with zero attached hydrogens (tertiary/aromatic N) is 3. The van der Waals surface area contributed by atoms with Crippen molar-refractivity contribution in [2.24, 2.45) is 0 Å². The zero-order valence-corrected chi connectivity index (χ0v) is 11.5. The van der Waals surface area contributed by atoms with Crippen molar-refractivity contribution >= 4 is 27.3 Å². The van der Waals surface area contributed by atoms with E-state index in [0.29, 0.717) is 5.82 Å². The molecule has 0 N–H and O–H groups in total. The number of thiophene rings is 1. The first-order valence-corrected chi connectivity index (χ1v) is 6.81. The summed E-state index contributed by atoms with van der Waals surface area (Å²) >= 11 is 1.60. The van der Waals surface area contributed by atoms with Crippen LogP contribution in [0.3, 0.4) is 0 Å². The zero-order chi connectivity index (χ0) is 13.9. The maximum atomic E-state index is 11.4. The molecule has 0 aliphatic carbocycles. The summed E-state index contributed by atoms with van der Waals surface area (Å²) in [6.07, 6.45) is 1.77. The summed E-state index contributed by atoms with van der Waals surface area (Å²) in [7, 11) is 1.47. The molecule has 0 fully saturated rings. The van der Waals surface area contributed by atoms with Crippen LogP contribution in [0.25, 0.3) is 21.6 Å². The molecule has 0 unspecified atom stereocenters. The molecule has 0 bridgehead atoms. The lowest BCUT2D eigenvalue weighted by Gasteiger charge is -1.94. The number of methoxy groups -OCH3 is 1. The summed E-state index contributed by atoms with van der Waals surface area (Å²) in [6, 6.07) is 3.91. The lowest BCUT2D eigenvalue weighted by atomic mass is 10.2. The first-order chi connectivity index (χ1) is 9.76. The number of hydrogen-bond donors (Lipinski definition) is 0. The number of carbonyl (C=O) groups is 1. The molecule has 3 aromatic heterocycles. The van der Waals surface area contributed by atoms with Crippen LogP contribution in [-0.2, 0) is 16.0 Å². The maximum Gasteiger partial charge on any atom is 0.234 e. The molecule has 0 amide bonds. The van der Waals surface area contributed by atoms with Gasteiger partial charge in [0.05, 0.1) is 16.6 Å². The van der Waals surface area contributed by atoms with Crippen LogP contribution in [0.15, 0.2) is 28.2 Å². The number of ether oxygens (including phenoxy) is 1. The largest absolute Gasteiger partial charge is 0.377 e. The van der Waals surface area contributed by atoms with Gasteiger partial charge in [-0.05, 0) is 17.5 Å². The van der Waals surface area contributed by atoms with Gasteiger partial charge in [-0.15, -0.1) is 11.3 Å². The molecule has 6 nitrogen and oxygen atoms in total. The molecular formula is C13H11N3O3S. The smallest absolute Gasteiger partial charge is 0.234 e. The van der Waals surface area contributed by atoms with Gasteiger partial charge in [0, 0.05) is 18.9 Å². The molecule has 3 heterocycles. The highest BCUT2D eigenvalue weighted by atomic mass is 32.1. The number of carbonyl (C=O) groups excluding carboxylic acids is 1. The van der Waals surface area contributed by atoms with Gasteiger partial charge in [0.25, 0.3) is 0 Å². The highest BCUT2D eigenvalue weighted by Crippen LogP contribution is 2.24. The van der Waals surface area contributed by atoms with Crippen LogP contribution in [0.4, 0.5) is 0 Å². The van der Waals surface area contributed by atoms with E-state index in [4.69, 9.17) is 9.26 Å². The molecule has 0 atom stereocenters. The molecule has 0 saturated carbocycles. The fraction of sp³-hybridized carbons (Fsp3) is 0.231. The number of hydrogen-bond acceptors (Lipinski definition) is 7. The van der Waals surface area contributed by atoms with Crippen LogP contribution in [0.1, 0.15) is 5.89 Å². The van der Waals surface area contributed by atoms with Crippen molar-refractivity contribution in [2.45, 2.75) is 6.42 Å². The van der Waals surface area contributed by atoms with Gasteiger partial charge in [-0.3, -0.25) is 9.78 Å². The molecule has 0 aliphatic heterocycles. The predicted molar refractivity (Wildman–Crippen MR) is 73.5 cm³/mol. The summed E-state index contributed by atoms with van der Waals surface area (Å²) in [5.74, 6) is 0.621. The molecule has 0 spiro atoms.